The van der Waals surface area contributed by atoms with Crippen molar-refractivity contribution in [3.8, 4) is 0 Å². The smallest absolute Gasteiger partial charge is 0.0186 e. The Labute approximate surface area is 103 Å². The molecule has 2 fully saturated rings. The minimum atomic E-state index is 0.786. The van der Waals surface area contributed by atoms with Crippen molar-refractivity contribution in [3.05, 3.63) is 0 Å². The van der Waals surface area contributed by atoms with Gasteiger partial charge in [-0.15, -0.1) is 0 Å². The van der Waals surface area contributed by atoms with Crippen LogP contribution in [0.2, 0.25) is 0 Å². The van der Waals surface area contributed by atoms with Gasteiger partial charge in [0.05, 0.1) is 0 Å². The van der Waals surface area contributed by atoms with Gasteiger partial charge in [-0.05, 0) is 44.1 Å². The van der Waals surface area contributed by atoms with Gasteiger partial charge in [0.1, 0.15) is 0 Å². The Balaban J connectivity index is 1.76. The molecule has 2 aliphatic rings. The first-order valence-corrected chi connectivity index (χ1v) is 8.53. The molecule has 1 saturated carbocycles. The Morgan fingerprint density at radius 1 is 1.27 bits per heavy atom. The zero-order chi connectivity index (χ0) is 10.7. The topological polar surface area (TPSA) is 12.0 Å². The van der Waals surface area contributed by atoms with Crippen LogP contribution in [0.15, 0.2) is 0 Å². The summed E-state index contributed by atoms with van der Waals surface area (Å²) in [5.74, 6) is 1.37. The quantitative estimate of drug-likeness (QED) is 0.820. The average molecular weight is 245 g/mol. The third kappa shape index (κ3) is 3.31. The molecule has 1 aliphatic carbocycles. The molecule has 0 spiro atoms. The zero-order valence-electron chi connectivity index (χ0n) is 9.87. The molecule has 3 heteroatoms. The van der Waals surface area contributed by atoms with Gasteiger partial charge in [-0.3, -0.25) is 0 Å². The summed E-state index contributed by atoms with van der Waals surface area (Å²) >= 11 is 4.20. The van der Waals surface area contributed by atoms with Gasteiger partial charge in [-0.2, -0.15) is 23.5 Å². The van der Waals surface area contributed by atoms with Crippen molar-refractivity contribution in [2.75, 3.05) is 12.0 Å². The molecule has 88 valence electrons. The molecule has 0 aromatic carbocycles. The van der Waals surface area contributed by atoms with Crippen LogP contribution in [0, 0.1) is 0 Å². The van der Waals surface area contributed by atoms with Gasteiger partial charge >= 0.3 is 0 Å². The van der Waals surface area contributed by atoms with Crippen molar-refractivity contribution in [1.29, 1.82) is 0 Å². The van der Waals surface area contributed by atoms with E-state index >= 15 is 0 Å². The molecule has 1 nitrogen and oxygen atoms in total. The first kappa shape index (κ1) is 12.1. The first-order chi connectivity index (χ1) is 7.29. The Kier molecular flexibility index (Phi) is 4.71. The fraction of sp³-hybridized carbons (Fsp3) is 1.00. The van der Waals surface area contributed by atoms with E-state index in [0.717, 1.165) is 22.6 Å². The molecule has 4 atom stereocenters. The van der Waals surface area contributed by atoms with Crippen LogP contribution in [0.1, 0.15) is 39.0 Å². The van der Waals surface area contributed by atoms with Crippen molar-refractivity contribution < 1.29 is 0 Å². The molecule has 0 aromatic rings. The molecule has 1 saturated heterocycles. The fourth-order valence-electron chi connectivity index (χ4n) is 2.75. The largest absolute Gasteiger partial charge is 0.310 e. The molecule has 0 aromatic heterocycles. The van der Waals surface area contributed by atoms with Gasteiger partial charge < -0.3 is 5.32 Å². The highest BCUT2D eigenvalue weighted by atomic mass is 32.2. The van der Waals surface area contributed by atoms with Crippen molar-refractivity contribution in [2.45, 2.75) is 61.6 Å². The van der Waals surface area contributed by atoms with Crippen LogP contribution in [0.4, 0.5) is 0 Å². The molecule has 0 radical (unpaired) electrons. The molecule has 1 aliphatic heterocycles. The molecule has 2 rings (SSSR count). The van der Waals surface area contributed by atoms with Gasteiger partial charge in [-0.1, -0.05) is 6.92 Å². The molecular formula is C12H23NS2. The van der Waals surface area contributed by atoms with Crippen LogP contribution in [0.3, 0.4) is 0 Å². The summed E-state index contributed by atoms with van der Waals surface area (Å²) in [5, 5.41) is 5.65. The molecule has 1 heterocycles. The lowest BCUT2D eigenvalue weighted by Crippen LogP contribution is -2.44. The Morgan fingerprint density at radius 3 is 2.80 bits per heavy atom. The van der Waals surface area contributed by atoms with Crippen molar-refractivity contribution in [1.82, 2.24) is 5.32 Å². The molecule has 4 unspecified atom stereocenters. The summed E-state index contributed by atoms with van der Waals surface area (Å²) in [6.45, 7) is 2.39. The summed E-state index contributed by atoms with van der Waals surface area (Å²) < 4.78 is 0. The van der Waals surface area contributed by atoms with Gasteiger partial charge in [-0.25, -0.2) is 0 Å². The van der Waals surface area contributed by atoms with Crippen molar-refractivity contribution >= 4 is 23.5 Å². The van der Waals surface area contributed by atoms with E-state index in [4.69, 9.17) is 0 Å². The monoisotopic (exact) mass is 245 g/mol. The summed E-state index contributed by atoms with van der Waals surface area (Å²) in [6.07, 6.45) is 9.29. The third-order valence-corrected chi connectivity index (χ3v) is 6.25. The standard InChI is InChI=1S/C12H23NS2/c1-9-12(4-3-7-15-9)13-10-5-6-11(8-10)14-2/h9-13H,3-8H2,1-2H3. The van der Waals surface area contributed by atoms with E-state index < -0.39 is 0 Å². The van der Waals surface area contributed by atoms with E-state index in [-0.39, 0.29) is 0 Å². The molecule has 1 N–H and O–H groups in total. The SMILES string of the molecule is CSC1CCC(NC2CCCSC2C)C1. The zero-order valence-corrected chi connectivity index (χ0v) is 11.5. The Bertz CT molecular complexity index is 198. The second-order valence-corrected chi connectivity index (χ2v) is 7.48. The summed E-state index contributed by atoms with van der Waals surface area (Å²) in [6, 6.07) is 1.60. The van der Waals surface area contributed by atoms with Gasteiger partial charge in [0.2, 0.25) is 0 Å². The number of nitrogens with one attached hydrogen (secondary N) is 1. The van der Waals surface area contributed by atoms with Crippen molar-refractivity contribution in [3.63, 3.8) is 0 Å². The molecule has 15 heavy (non-hydrogen) atoms. The molecular weight excluding hydrogens is 222 g/mol. The van der Waals surface area contributed by atoms with E-state index in [0.29, 0.717) is 0 Å². The highest BCUT2D eigenvalue weighted by Crippen LogP contribution is 2.31. The van der Waals surface area contributed by atoms with Crippen LogP contribution in [0.5, 0.6) is 0 Å². The van der Waals surface area contributed by atoms with Crippen LogP contribution >= 0.6 is 23.5 Å². The highest BCUT2D eigenvalue weighted by Gasteiger charge is 2.29. The van der Waals surface area contributed by atoms with Crippen LogP contribution in [-0.4, -0.2) is 34.6 Å². The number of hydrogen-bond donors (Lipinski definition) is 1. The van der Waals surface area contributed by atoms with Crippen LogP contribution in [-0.2, 0) is 0 Å². The minimum Gasteiger partial charge on any atom is -0.310 e. The predicted molar refractivity (Wildman–Crippen MR) is 73.0 cm³/mol. The van der Waals surface area contributed by atoms with E-state index in [2.05, 4.69) is 42.0 Å². The van der Waals surface area contributed by atoms with Crippen LogP contribution in [0.25, 0.3) is 0 Å². The Hall–Kier alpha value is 0.660. The second-order valence-electron chi connectivity index (χ2n) is 4.86. The average Bonchev–Trinajstić information content (AvgIpc) is 2.69. The van der Waals surface area contributed by atoms with Gasteiger partial charge in [0.15, 0.2) is 0 Å². The minimum absolute atomic E-state index is 0.786. The Morgan fingerprint density at radius 2 is 2.13 bits per heavy atom. The highest BCUT2D eigenvalue weighted by molar-refractivity contribution is 8.00. The van der Waals surface area contributed by atoms with E-state index in [9.17, 15) is 0 Å². The maximum atomic E-state index is 3.90. The lowest BCUT2D eigenvalue weighted by Gasteiger charge is -2.31. The molecule has 0 amide bonds. The summed E-state index contributed by atoms with van der Waals surface area (Å²) in [4.78, 5) is 0. The van der Waals surface area contributed by atoms with E-state index in [1.165, 1.54) is 37.9 Å². The number of thioether (sulfide) groups is 2. The van der Waals surface area contributed by atoms with E-state index in [1.54, 1.807) is 0 Å². The fourth-order valence-corrected chi connectivity index (χ4v) is 4.70. The second kappa shape index (κ2) is 5.83. The first-order valence-electron chi connectivity index (χ1n) is 6.20. The van der Waals surface area contributed by atoms with Gasteiger partial charge in [0.25, 0.3) is 0 Å². The van der Waals surface area contributed by atoms with Crippen LogP contribution < -0.4 is 5.32 Å². The van der Waals surface area contributed by atoms with Crippen molar-refractivity contribution in [2.24, 2.45) is 0 Å². The third-order valence-electron chi connectivity index (χ3n) is 3.77. The summed E-state index contributed by atoms with van der Waals surface area (Å²) in [5.41, 5.74) is 0. The van der Waals surface area contributed by atoms with E-state index in [1.807, 2.05) is 0 Å². The maximum Gasteiger partial charge on any atom is 0.0186 e. The number of rotatable bonds is 3. The lowest BCUT2D eigenvalue weighted by molar-refractivity contribution is 0.399. The summed E-state index contributed by atoms with van der Waals surface area (Å²) in [7, 11) is 0. The maximum absolute atomic E-state index is 3.90. The number of hydrogen-bond acceptors (Lipinski definition) is 3. The predicted octanol–water partition coefficient (Wildman–Crippen LogP) is 3.14. The normalized spacial score (nSPS) is 42.0. The molecule has 0 bridgehead atoms. The van der Waals surface area contributed by atoms with Gasteiger partial charge in [0, 0.05) is 22.6 Å². The lowest BCUT2D eigenvalue weighted by atomic mass is 10.1.